The van der Waals surface area contributed by atoms with Crippen molar-refractivity contribution in [1.82, 2.24) is 0 Å². The van der Waals surface area contributed by atoms with Gasteiger partial charge in [0, 0.05) is 17.1 Å². The molecule has 1 heteroatoms. The van der Waals surface area contributed by atoms with Crippen molar-refractivity contribution < 1.29 is 0 Å². The Morgan fingerprint density at radius 2 is 1.31 bits per heavy atom. The molecule has 0 saturated heterocycles. The van der Waals surface area contributed by atoms with Crippen LogP contribution in [0.2, 0.25) is 0 Å². The van der Waals surface area contributed by atoms with E-state index >= 15 is 0 Å². The first-order chi connectivity index (χ1) is 15.1. The Morgan fingerprint density at radius 3 is 1.88 bits per heavy atom. The van der Waals surface area contributed by atoms with Gasteiger partial charge >= 0.3 is 0 Å². The van der Waals surface area contributed by atoms with E-state index in [0.29, 0.717) is 5.41 Å². The molecule has 0 fully saturated rings. The van der Waals surface area contributed by atoms with E-state index in [1.807, 2.05) is 0 Å². The molecular weight excluding hydrogens is 386 g/mol. The van der Waals surface area contributed by atoms with Crippen LogP contribution >= 0.6 is 0 Å². The third kappa shape index (κ3) is 5.82. The summed E-state index contributed by atoms with van der Waals surface area (Å²) in [4.78, 5) is 2.38. The standard InChI is InChI=1S/C31H41N/c1-8-11-25-12-10-13-29(22-25)32(27-18-14-24(3)15-19-27)28-20-16-26(17-21-28)31(6,7)23-30(4,5)9-2/h10,12-22H,8-9,11,23H2,1-7H3. The maximum atomic E-state index is 2.38. The van der Waals surface area contributed by atoms with Crippen molar-refractivity contribution in [3.63, 3.8) is 0 Å². The molecule has 0 amide bonds. The largest absolute Gasteiger partial charge is 0.310 e. The fourth-order valence-electron chi connectivity index (χ4n) is 4.77. The minimum Gasteiger partial charge on any atom is -0.310 e. The van der Waals surface area contributed by atoms with Gasteiger partial charge in [0.05, 0.1) is 0 Å². The van der Waals surface area contributed by atoms with Gasteiger partial charge in [0.1, 0.15) is 0 Å². The van der Waals surface area contributed by atoms with Crippen molar-refractivity contribution in [2.24, 2.45) is 5.41 Å². The lowest BCUT2D eigenvalue weighted by Crippen LogP contribution is -2.26. The summed E-state index contributed by atoms with van der Waals surface area (Å²) in [6, 6.07) is 27.1. The number of aryl methyl sites for hydroxylation is 2. The van der Waals surface area contributed by atoms with Crippen LogP contribution in [0.3, 0.4) is 0 Å². The Hall–Kier alpha value is -2.54. The molecule has 3 rings (SSSR count). The Kier molecular flexibility index (Phi) is 7.49. The van der Waals surface area contributed by atoms with Gasteiger partial charge in [-0.2, -0.15) is 0 Å². The first-order valence-electron chi connectivity index (χ1n) is 12.2. The Morgan fingerprint density at radius 1 is 0.719 bits per heavy atom. The number of rotatable bonds is 9. The zero-order valence-corrected chi connectivity index (χ0v) is 21.2. The summed E-state index contributed by atoms with van der Waals surface area (Å²) in [5.41, 5.74) is 8.19. The molecule has 0 aromatic heterocycles. The zero-order chi connectivity index (χ0) is 23.4. The highest BCUT2D eigenvalue weighted by atomic mass is 15.1. The van der Waals surface area contributed by atoms with Crippen molar-refractivity contribution in [2.45, 2.75) is 79.6 Å². The number of anilines is 3. The highest BCUT2D eigenvalue weighted by Gasteiger charge is 2.29. The SMILES string of the molecule is CCCc1cccc(N(c2ccc(C)cc2)c2ccc(C(C)(C)CC(C)(C)CC)cc2)c1. The minimum absolute atomic E-state index is 0.147. The third-order valence-corrected chi connectivity index (χ3v) is 6.78. The van der Waals surface area contributed by atoms with Gasteiger partial charge in [0.25, 0.3) is 0 Å². The maximum absolute atomic E-state index is 2.38. The van der Waals surface area contributed by atoms with Gasteiger partial charge in [-0.15, -0.1) is 0 Å². The van der Waals surface area contributed by atoms with Crippen LogP contribution in [0.1, 0.15) is 77.5 Å². The molecule has 0 aliphatic rings. The van der Waals surface area contributed by atoms with Crippen molar-refractivity contribution in [3.05, 3.63) is 89.5 Å². The van der Waals surface area contributed by atoms with E-state index in [-0.39, 0.29) is 5.41 Å². The van der Waals surface area contributed by atoms with Gasteiger partial charge in [0.2, 0.25) is 0 Å². The molecule has 32 heavy (non-hydrogen) atoms. The summed E-state index contributed by atoms with van der Waals surface area (Å²) < 4.78 is 0. The van der Waals surface area contributed by atoms with Crippen molar-refractivity contribution in [3.8, 4) is 0 Å². The Bertz CT molecular complexity index is 993. The van der Waals surface area contributed by atoms with E-state index in [1.165, 1.54) is 46.6 Å². The molecule has 0 spiro atoms. The summed E-state index contributed by atoms with van der Waals surface area (Å²) >= 11 is 0. The van der Waals surface area contributed by atoms with Crippen molar-refractivity contribution >= 4 is 17.1 Å². The first kappa shape index (κ1) is 24.1. The van der Waals surface area contributed by atoms with Gasteiger partial charge in [-0.1, -0.05) is 96.3 Å². The lowest BCUT2D eigenvalue weighted by atomic mass is 9.70. The average molecular weight is 428 g/mol. The molecule has 3 aromatic rings. The number of hydrogen-bond acceptors (Lipinski definition) is 1. The molecule has 0 saturated carbocycles. The fraction of sp³-hybridized carbons (Fsp3) is 0.419. The summed E-state index contributed by atoms with van der Waals surface area (Å²) in [5, 5.41) is 0. The second-order valence-electron chi connectivity index (χ2n) is 10.7. The molecule has 0 N–H and O–H groups in total. The lowest BCUT2D eigenvalue weighted by Gasteiger charge is -2.35. The van der Waals surface area contributed by atoms with Gasteiger partial charge in [-0.3, -0.25) is 0 Å². The van der Waals surface area contributed by atoms with Crippen LogP contribution in [-0.4, -0.2) is 0 Å². The van der Waals surface area contributed by atoms with Gasteiger partial charge in [-0.05, 0) is 78.1 Å². The van der Waals surface area contributed by atoms with Gasteiger partial charge < -0.3 is 4.90 Å². The predicted octanol–water partition coefficient (Wildman–Crippen LogP) is 9.52. The summed E-state index contributed by atoms with van der Waals surface area (Å²) in [6.45, 7) is 16.2. The molecule has 170 valence electrons. The van der Waals surface area contributed by atoms with Gasteiger partial charge in [-0.25, -0.2) is 0 Å². The fourth-order valence-corrected chi connectivity index (χ4v) is 4.77. The smallest absolute Gasteiger partial charge is 0.0464 e. The number of nitrogens with zero attached hydrogens (tertiary/aromatic N) is 1. The van der Waals surface area contributed by atoms with Crippen LogP contribution in [0.25, 0.3) is 0 Å². The van der Waals surface area contributed by atoms with Crippen molar-refractivity contribution in [1.29, 1.82) is 0 Å². The molecule has 0 aliphatic heterocycles. The van der Waals surface area contributed by atoms with E-state index in [0.717, 1.165) is 12.8 Å². The minimum atomic E-state index is 0.147. The number of hydrogen-bond donors (Lipinski definition) is 0. The predicted molar refractivity (Wildman–Crippen MR) is 142 cm³/mol. The molecule has 3 aromatic carbocycles. The molecule has 0 unspecified atom stereocenters. The summed E-state index contributed by atoms with van der Waals surface area (Å²) in [7, 11) is 0. The van der Waals surface area contributed by atoms with Crippen LogP contribution < -0.4 is 4.90 Å². The highest BCUT2D eigenvalue weighted by Crippen LogP contribution is 2.40. The third-order valence-electron chi connectivity index (χ3n) is 6.78. The van der Waals surface area contributed by atoms with Crippen LogP contribution in [0.15, 0.2) is 72.8 Å². The molecule has 0 bridgehead atoms. The second-order valence-corrected chi connectivity index (χ2v) is 10.7. The Labute approximate surface area is 196 Å². The lowest BCUT2D eigenvalue weighted by molar-refractivity contribution is 0.248. The molecule has 0 atom stereocenters. The van der Waals surface area contributed by atoms with E-state index in [1.54, 1.807) is 0 Å². The Balaban J connectivity index is 2.00. The van der Waals surface area contributed by atoms with Crippen LogP contribution in [0, 0.1) is 12.3 Å². The molecule has 0 radical (unpaired) electrons. The number of benzene rings is 3. The van der Waals surface area contributed by atoms with E-state index in [2.05, 4.69) is 126 Å². The van der Waals surface area contributed by atoms with Gasteiger partial charge in [0.15, 0.2) is 0 Å². The van der Waals surface area contributed by atoms with E-state index < -0.39 is 0 Å². The van der Waals surface area contributed by atoms with E-state index in [4.69, 9.17) is 0 Å². The normalized spacial score (nSPS) is 12.1. The summed E-state index contributed by atoms with van der Waals surface area (Å²) in [6.07, 6.45) is 4.64. The molecule has 0 aliphatic carbocycles. The van der Waals surface area contributed by atoms with E-state index in [9.17, 15) is 0 Å². The van der Waals surface area contributed by atoms with Crippen LogP contribution in [0.4, 0.5) is 17.1 Å². The second kappa shape index (κ2) is 9.94. The molecule has 0 heterocycles. The van der Waals surface area contributed by atoms with Crippen molar-refractivity contribution in [2.75, 3.05) is 4.90 Å². The summed E-state index contributed by atoms with van der Waals surface area (Å²) in [5.74, 6) is 0. The van der Waals surface area contributed by atoms with Crippen LogP contribution in [-0.2, 0) is 11.8 Å². The molecular formula is C31H41N. The average Bonchev–Trinajstić information content (AvgIpc) is 2.76. The monoisotopic (exact) mass is 427 g/mol. The molecule has 1 nitrogen and oxygen atoms in total. The highest BCUT2D eigenvalue weighted by molar-refractivity contribution is 5.77. The topological polar surface area (TPSA) is 3.24 Å². The maximum Gasteiger partial charge on any atom is 0.0464 e. The quantitative estimate of drug-likeness (QED) is 0.328. The first-order valence-corrected chi connectivity index (χ1v) is 12.2. The van der Waals surface area contributed by atoms with Crippen LogP contribution in [0.5, 0.6) is 0 Å². The zero-order valence-electron chi connectivity index (χ0n) is 21.2.